The van der Waals surface area contributed by atoms with Crippen LogP contribution in [0.1, 0.15) is 16.2 Å². The lowest BCUT2D eigenvalue weighted by Crippen LogP contribution is -2.51. The molecule has 1 aliphatic rings. The zero-order valence-electron chi connectivity index (χ0n) is 14.0. The molecule has 0 aromatic carbocycles. The minimum absolute atomic E-state index is 0.139. The minimum Gasteiger partial charge on any atom is -0.480 e. The Morgan fingerprint density at radius 2 is 2.12 bits per heavy atom. The number of carboxylic acid groups (broad SMARTS) is 1. The van der Waals surface area contributed by atoms with Gasteiger partial charge in [-0.05, 0) is 6.92 Å². The number of hydrogen-bond donors (Lipinski definition) is 1. The average Bonchev–Trinajstić information content (AvgIpc) is 2.53. The molecule has 10 nitrogen and oxygen atoms in total. The number of nitrogens with zero attached hydrogens (tertiary/aromatic N) is 4. The monoisotopic (exact) mass is 372 g/mol. The van der Waals surface area contributed by atoms with Gasteiger partial charge in [-0.3, -0.25) is 14.6 Å². The number of sulfonamides is 1. The summed E-state index contributed by atoms with van der Waals surface area (Å²) in [4.78, 5) is 32.9. The fourth-order valence-corrected chi connectivity index (χ4v) is 3.16. The number of carboxylic acids is 1. The van der Waals surface area contributed by atoms with Crippen molar-refractivity contribution < 1.29 is 27.9 Å². The molecule has 1 fully saturated rings. The van der Waals surface area contributed by atoms with E-state index < -0.39 is 28.6 Å². The van der Waals surface area contributed by atoms with Crippen molar-refractivity contribution in [2.75, 3.05) is 39.0 Å². The average molecular weight is 372 g/mol. The van der Waals surface area contributed by atoms with Crippen LogP contribution in [0.4, 0.5) is 0 Å². The van der Waals surface area contributed by atoms with E-state index in [4.69, 9.17) is 9.84 Å². The first kappa shape index (κ1) is 19.2. The zero-order chi connectivity index (χ0) is 18.6. The molecule has 25 heavy (non-hydrogen) atoms. The van der Waals surface area contributed by atoms with Crippen molar-refractivity contribution in [3.05, 3.63) is 23.8 Å². The fourth-order valence-electron chi connectivity index (χ4n) is 2.37. The lowest BCUT2D eigenvalue weighted by molar-refractivity contribution is -0.137. The largest absolute Gasteiger partial charge is 0.480 e. The van der Waals surface area contributed by atoms with E-state index in [-0.39, 0.29) is 31.3 Å². The highest BCUT2D eigenvalue weighted by Gasteiger charge is 2.30. The molecule has 138 valence electrons. The van der Waals surface area contributed by atoms with E-state index in [2.05, 4.69) is 9.97 Å². The van der Waals surface area contributed by atoms with Crippen molar-refractivity contribution in [1.29, 1.82) is 0 Å². The van der Waals surface area contributed by atoms with Gasteiger partial charge < -0.3 is 14.7 Å². The molecule has 0 saturated carbocycles. The third kappa shape index (κ3) is 5.44. The Bertz CT molecular complexity index is 736. The van der Waals surface area contributed by atoms with E-state index in [1.165, 1.54) is 17.3 Å². The van der Waals surface area contributed by atoms with Crippen LogP contribution in [0.5, 0.6) is 0 Å². The first-order valence-electron chi connectivity index (χ1n) is 7.53. The molecule has 0 radical (unpaired) electrons. The molecule has 0 bridgehead atoms. The van der Waals surface area contributed by atoms with Gasteiger partial charge in [-0.15, -0.1) is 0 Å². The number of carbonyl (C=O) groups is 2. The first-order chi connectivity index (χ1) is 11.7. The van der Waals surface area contributed by atoms with E-state index in [1.807, 2.05) is 0 Å². The predicted octanol–water partition coefficient (Wildman–Crippen LogP) is -1.03. The molecule has 0 aliphatic carbocycles. The fraction of sp³-hybridized carbons (Fsp3) is 0.571. The molecule has 1 aliphatic heterocycles. The molecular formula is C14H20N4O6S. The van der Waals surface area contributed by atoms with Crippen molar-refractivity contribution in [2.24, 2.45) is 0 Å². The Kier molecular flexibility index (Phi) is 6.03. The van der Waals surface area contributed by atoms with Crippen molar-refractivity contribution in [2.45, 2.75) is 13.0 Å². The van der Waals surface area contributed by atoms with Gasteiger partial charge >= 0.3 is 5.97 Å². The van der Waals surface area contributed by atoms with Crippen LogP contribution < -0.4 is 0 Å². The standard InChI is InChI=1S/C14H20N4O6S/c1-10-5-16-12(6-15-10)14(21)17-3-4-24-11(7-17)8-18(9-13(19)20)25(2,22)23/h5-6,11H,3-4,7-9H2,1-2H3,(H,19,20). The number of aryl methyl sites for hydroxylation is 1. The minimum atomic E-state index is -3.71. The molecule has 11 heteroatoms. The zero-order valence-corrected chi connectivity index (χ0v) is 14.8. The van der Waals surface area contributed by atoms with E-state index in [0.717, 1.165) is 10.6 Å². The van der Waals surface area contributed by atoms with Crippen LogP contribution in [-0.2, 0) is 19.6 Å². The van der Waals surface area contributed by atoms with Crippen LogP contribution in [0, 0.1) is 6.92 Å². The van der Waals surface area contributed by atoms with Gasteiger partial charge in [0.1, 0.15) is 12.2 Å². The summed E-state index contributed by atoms with van der Waals surface area (Å²) in [5.41, 5.74) is 0.880. The van der Waals surface area contributed by atoms with Gasteiger partial charge in [0, 0.05) is 25.8 Å². The Morgan fingerprint density at radius 1 is 1.40 bits per heavy atom. The van der Waals surface area contributed by atoms with Crippen molar-refractivity contribution in [3.63, 3.8) is 0 Å². The first-order valence-corrected chi connectivity index (χ1v) is 9.38. The smallest absolute Gasteiger partial charge is 0.318 e. The van der Waals surface area contributed by atoms with E-state index in [0.29, 0.717) is 12.2 Å². The van der Waals surface area contributed by atoms with E-state index >= 15 is 0 Å². The SMILES string of the molecule is Cc1cnc(C(=O)N2CCOC(CN(CC(=O)O)S(C)(=O)=O)C2)cn1. The third-order valence-corrected chi connectivity index (χ3v) is 4.83. The lowest BCUT2D eigenvalue weighted by atomic mass is 10.2. The highest BCUT2D eigenvalue weighted by Crippen LogP contribution is 2.12. The molecule has 1 amide bonds. The molecule has 1 atom stereocenters. The van der Waals surface area contributed by atoms with Crippen LogP contribution >= 0.6 is 0 Å². The number of rotatable bonds is 6. The van der Waals surface area contributed by atoms with Gasteiger partial charge in [0.2, 0.25) is 10.0 Å². The summed E-state index contributed by atoms with van der Waals surface area (Å²) in [5, 5.41) is 8.86. The van der Waals surface area contributed by atoms with Crippen LogP contribution in [-0.4, -0.2) is 89.7 Å². The van der Waals surface area contributed by atoms with Gasteiger partial charge in [0.15, 0.2) is 0 Å². The molecule has 0 spiro atoms. The Labute approximate surface area is 145 Å². The van der Waals surface area contributed by atoms with Gasteiger partial charge in [-0.25, -0.2) is 13.4 Å². The maximum atomic E-state index is 12.5. The van der Waals surface area contributed by atoms with Crippen molar-refractivity contribution >= 4 is 21.9 Å². The van der Waals surface area contributed by atoms with E-state index in [9.17, 15) is 18.0 Å². The molecule has 1 aromatic rings. The Hall–Kier alpha value is -2.11. The van der Waals surface area contributed by atoms with Crippen LogP contribution in [0.15, 0.2) is 12.4 Å². The Balaban J connectivity index is 2.05. The second-order valence-electron chi connectivity index (χ2n) is 5.74. The molecule has 2 heterocycles. The van der Waals surface area contributed by atoms with Gasteiger partial charge in [-0.2, -0.15) is 4.31 Å². The maximum absolute atomic E-state index is 12.5. The van der Waals surface area contributed by atoms with Gasteiger partial charge in [0.25, 0.3) is 5.91 Å². The van der Waals surface area contributed by atoms with Gasteiger partial charge in [-0.1, -0.05) is 0 Å². The molecule has 2 rings (SSSR count). The summed E-state index contributed by atoms with van der Waals surface area (Å²) < 4.78 is 29.7. The summed E-state index contributed by atoms with van der Waals surface area (Å²) in [6, 6.07) is 0. The molecular weight excluding hydrogens is 352 g/mol. The normalized spacial score (nSPS) is 18.4. The number of ether oxygens (including phenoxy) is 1. The second-order valence-corrected chi connectivity index (χ2v) is 7.72. The van der Waals surface area contributed by atoms with Crippen molar-refractivity contribution in [3.8, 4) is 0 Å². The predicted molar refractivity (Wildman–Crippen MR) is 86.5 cm³/mol. The molecule has 1 N–H and O–H groups in total. The molecule has 1 aromatic heterocycles. The van der Waals surface area contributed by atoms with Crippen LogP contribution in [0.3, 0.4) is 0 Å². The van der Waals surface area contributed by atoms with E-state index in [1.54, 1.807) is 6.92 Å². The summed E-state index contributed by atoms with van der Waals surface area (Å²) in [6.07, 6.45) is 3.19. The number of hydrogen-bond acceptors (Lipinski definition) is 7. The number of aliphatic carboxylic acids is 1. The van der Waals surface area contributed by atoms with Crippen molar-refractivity contribution in [1.82, 2.24) is 19.2 Å². The summed E-state index contributed by atoms with van der Waals surface area (Å²) in [6.45, 7) is 1.65. The van der Waals surface area contributed by atoms with Crippen LogP contribution in [0.25, 0.3) is 0 Å². The summed E-state index contributed by atoms with van der Waals surface area (Å²) in [5.74, 6) is -1.59. The quantitative estimate of drug-likeness (QED) is 0.671. The summed E-state index contributed by atoms with van der Waals surface area (Å²) >= 11 is 0. The summed E-state index contributed by atoms with van der Waals surface area (Å²) in [7, 11) is -3.71. The number of morpholine rings is 1. The molecule has 1 saturated heterocycles. The Morgan fingerprint density at radius 3 is 2.68 bits per heavy atom. The number of amides is 1. The molecule has 1 unspecified atom stereocenters. The number of aromatic nitrogens is 2. The highest BCUT2D eigenvalue weighted by atomic mass is 32.2. The highest BCUT2D eigenvalue weighted by molar-refractivity contribution is 7.88. The topological polar surface area (TPSA) is 130 Å². The van der Waals surface area contributed by atoms with Crippen LogP contribution in [0.2, 0.25) is 0 Å². The second kappa shape index (κ2) is 7.85. The third-order valence-electron chi connectivity index (χ3n) is 3.61. The number of carbonyl (C=O) groups excluding carboxylic acids is 1. The van der Waals surface area contributed by atoms with Gasteiger partial charge in [0.05, 0.1) is 30.9 Å². The maximum Gasteiger partial charge on any atom is 0.318 e. The lowest BCUT2D eigenvalue weighted by Gasteiger charge is -2.34.